The van der Waals surface area contributed by atoms with Gasteiger partial charge in [0.1, 0.15) is 0 Å². The number of hydrogen-bond donors (Lipinski definition) is 2. The van der Waals surface area contributed by atoms with Crippen LogP contribution in [-0.2, 0) is 4.79 Å². The average Bonchev–Trinajstić information content (AvgIpc) is 2.75. The van der Waals surface area contributed by atoms with Crippen molar-refractivity contribution < 1.29 is 4.79 Å². The molecule has 0 bridgehead atoms. The highest BCUT2D eigenvalue weighted by Crippen LogP contribution is 2.27. The van der Waals surface area contributed by atoms with Crippen LogP contribution in [0.25, 0.3) is 0 Å². The molecular formula is C14H24N2O. The van der Waals surface area contributed by atoms with Gasteiger partial charge in [-0.25, -0.2) is 0 Å². The van der Waals surface area contributed by atoms with Crippen LogP contribution in [0.15, 0.2) is 12.2 Å². The molecule has 1 fully saturated rings. The largest absolute Gasteiger partial charge is 0.355 e. The number of hydrogen-bond acceptors (Lipinski definition) is 2. The molecule has 0 aromatic carbocycles. The van der Waals surface area contributed by atoms with Crippen LogP contribution in [0.5, 0.6) is 0 Å². The number of carbonyl (C=O) groups excluding carboxylic acids is 1. The summed E-state index contributed by atoms with van der Waals surface area (Å²) in [4.78, 5) is 11.9. The summed E-state index contributed by atoms with van der Waals surface area (Å²) in [6.45, 7) is 3.17. The highest BCUT2D eigenvalue weighted by molar-refractivity contribution is 5.81. The Hall–Kier alpha value is -0.830. The normalized spacial score (nSPS) is 37.1. The summed E-state index contributed by atoms with van der Waals surface area (Å²) < 4.78 is 0. The molecule has 2 aliphatic rings. The van der Waals surface area contributed by atoms with Crippen LogP contribution >= 0.6 is 0 Å². The molecule has 96 valence electrons. The Morgan fingerprint density at radius 3 is 2.59 bits per heavy atom. The average molecular weight is 236 g/mol. The summed E-state index contributed by atoms with van der Waals surface area (Å²) in [5.74, 6) is 1.73. The summed E-state index contributed by atoms with van der Waals surface area (Å²) >= 11 is 0. The third kappa shape index (κ3) is 3.56. The van der Waals surface area contributed by atoms with Crippen molar-refractivity contribution in [2.24, 2.45) is 23.5 Å². The fraction of sp³-hybridized carbons (Fsp3) is 0.786. The minimum atomic E-state index is 0.00696. The molecular weight excluding hydrogens is 212 g/mol. The summed E-state index contributed by atoms with van der Waals surface area (Å²) in [6.07, 6.45) is 9.81. The number of nitrogens with one attached hydrogen (secondary N) is 1. The van der Waals surface area contributed by atoms with E-state index in [4.69, 9.17) is 5.73 Å². The Labute approximate surface area is 104 Å². The molecule has 3 heteroatoms. The van der Waals surface area contributed by atoms with Gasteiger partial charge >= 0.3 is 0 Å². The third-order valence-corrected chi connectivity index (χ3v) is 4.15. The predicted molar refractivity (Wildman–Crippen MR) is 69.4 cm³/mol. The van der Waals surface area contributed by atoms with Crippen molar-refractivity contribution in [3.63, 3.8) is 0 Å². The third-order valence-electron chi connectivity index (χ3n) is 4.15. The first-order valence-electron chi connectivity index (χ1n) is 6.86. The van der Waals surface area contributed by atoms with E-state index in [0.717, 1.165) is 18.9 Å². The van der Waals surface area contributed by atoms with Crippen molar-refractivity contribution in [2.45, 2.75) is 45.1 Å². The van der Waals surface area contributed by atoms with Gasteiger partial charge in [0.05, 0.1) is 5.92 Å². The Balaban J connectivity index is 1.68. The molecule has 2 unspecified atom stereocenters. The van der Waals surface area contributed by atoms with Crippen LogP contribution in [0, 0.1) is 17.8 Å². The van der Waals surface area contributed by atoms with Crippen molar-refractivity contribution in [3.8, 4) is 0 Å². The lowest BCUT2D eigenvalue weighted by atomic mass is 9.83. The molecule has 2 aliphatic carbocycles. The van der Waals surface area contributed by atoms with Crippen LogP contribution in [-0.4, -0.2) is 18.5 Å². The Morgan fingerprint density at radius 1 is 1.29 bits per heavy atom. The number of nitrogens with two attached hydrogens (primary N) is 1. The molecule has 17 heavy (non-hydrogen) atoms. The Bertz CT molecular complexity index is 293. The first kappa shape index (κ1) is 12.6. The molecule has 1 saturated carbocycles. The number of carbonyl (C=O) groups is 1. The Morgan fingerprint density at radius 2 is 2.00 bits per heavy atom. The smallest absolute Gasteiger partial charge is 0.227 e. The van der Waals surface area contributed by atoms with Gasteiger partial charge in [-0.3, -0.25) is 4.79 Å². The summed E-state index contributed by atoms with van der Waals surface area (Å²) in [6, 6.07) is 0.0706. The van der Waals surface area contributed by atoms with Gasteiger partial charge in [0.25, 0.3) is 0 Å². The molecule has 0 spiro atoms. The van der Waals surface area contributed by atoms with E-state index in [0.29, 0.717) is 5.92 Å². The molecule has 0 aliphatic heterocycles. The number of rotatable bonds is 3. The lowest BCUT2D eigenvalue weighted by molar-refractivity contribution is -0.123. The van der Waals surface area contributed by atoms with E-state index in [1.807, 2.05) is 12.2 Å². The van der Waals surface area contributed by atoms with Crippen molar-refractivity contribution >= 4 is 5.91 Å². The summed E-state index contributed by atoms with van der Waals surface area (Å²) in [5, 5.41) is 3.08. The fourth-order valence-electron chi connectivity index (χ4n) is 2.83. The fourth-order valence-corrected chi connectivity index (χ4v) is 2.83. The standard InChI is InChI=1S/C14H24N2O/c1-10-2-4-11(5-3-10)9-16-14(17)12-6-7-13(15)8-12/h6-7,10-13H,2-5,8-9,15H2,1H3,(H,16,17). The molecule has 2 rings (SSSR count). The molecule has 0 heterocycles. The van der Waals surface area contributed by atoms with Gasteiger partial charge in [-0.05, 0) is 31.1 Å². The van der Waals surface area contributed by atoms with E-state index in [2.05, 4.69) is 12.2 Å². The molecule has 0 aromatic rings. The van der Waals surface area contributed by atoms with Gasteiger partial charge in [-0.1, -0.05) is 31.9 Å². The lowest BCUT2D eigenvalue weighted by Gasteiger charge is -2.26. The van der Waals surface area contributed by atoms with Gasteiger partial charge in [-0.2, -0.15) is 0 Å². The van der Waals surface area contributed by atoms with E-state index in [9.17, 15) is 4.79 Å². The highest BCUT2D eigenvalue weighted by atomic mass is 16.1. The zero-order valence-electron chi connectivity index (χ0n) is 10.7. The van der Waals surface area contributed by atoms with Gasteiger partial charge in [0.15, 0.2) is 0 Å². The Kier molecular flexibility index (Phi) is 4.21. The van der Waals surface area contributed by atoms with Crippen molar-refractivity contribution in [1.82, 2.24) is 5.32 Å². The molecule has 0 saturated heterocycles. The lowest BCUT2D eigenvalue weighted by Crippen LogP contribution is -2.35. The monoisotopic (exact) mass is 236 g/mol. The maximum absolute atomic E-state index is 11.9. The van der Waals surface area contributed by atoms with Crippen LogP contribution in [0.2, 0.25) is 0 Å². The van der Waals surface area contributed by atoms with Gasteiger partial charge < -0.3 is 11.1 Å². The van der Waals surface area contributed by atoms with Gasteiger partial charge in [0, 0.05) is 12.6 Å². The first-order valence-corrected chi connectivity index (χ1v) is 6.86. The van der Waals surface area contributed by atoms with Crippen LogP contribution in [0.1, 0.15) is 39.0 Å². The quantitative estimate of drug-likeness (QED) is 0.735. The predicted octanol–water partition coefficient (Wildman–Crippen LogP) is 1.83. The second-order valence-electron chi connectivity index (χ2n) is 5.76. The maximum Gasteiger partial charge on any atom is 0.227 e. The van der Waals surface area contributed by atoms with Gasteiger partial charge in [-0.15, -0.1) is 0 Å². The van der Waals surface area contributed by atoms with Crippen LogP contribution in [0.4, 0.5) is 0 Å². The van der Waals surface area contributed by atoms with Crippen LogP contribution < -0.4 is 11.1 Å². The van der Waals surface area contributed by atoms with E-state index >= 15 is 0 Å². The maximum atomic E-state index is 11.9. The topological polar surface area (TPSA) is 55.1 Å². The molecule has 0 radical (unpaired) electrons. The van der Waals surface area contributed by atoms with Crippen molar-refractivity contribution in [3.05, 3.63) is 12.2 Å². The molecule has 1 amide bonds. The van der Waals surface area contributed by atoms with E-state index < -0.39 is 0 Å². The SMILES string of the molecule is CC1CCC(CNC(=O)C2C=CC(N)C2)CC1. The highest BCUT2D eigenvalue weighted by Gasteiger charge is 2.24. The minimum Gasteiger partial charge on any atom is -0.355 e. The van der Waals surface area contributed by atoms with Crippen molar-refractivity contribution in [2.75, 3.05) is 6.54 Å². The second-order valence-corrected chi connectivity index (χ2v) is 5.76. The summed E-state index contributed by atoms with van der Waals surface area (Å²) in [5.41, 5.74) is 5.75. The molecule has 3 nitrogen and oxygen atoms in total. The minimum absolute atomic E-state index is 0.00696. The van der Waals surface area contributed by atoms with E-state index in [1.165, 1.54) is 25.7 Å². The number of amides is 1. The van der Waals surface area contributed by atoms with Crippen LogP contribution in [0.3, 0.4) is 0 Å². The zero-order chi connectivity index (χ0) is 12.3. The second kappa shape index (κ2) is 5.67. The summed E-state index contributed by atoms with van der Waals surface area (Å²) in [7, 11) is 0. The zero-order valence-corrected chi connectivity index (χ0v) is 10.7. The molecule has 0 aromatic heterocycles. The molecule has 3 N–H and O–H groups in total. The van der Waals surface area contributed by atoms with E-state index in [1.54, 1.807) is 0 Å². The first-order chi connectivity index (χ1) is 8.15. The molecule has 2 atom stereocenters. The van der Waals surface area contributed by atoms with E-state index in [-0.39, 0.29) is 17.9 Å². The van der Waals surface area contributed by atoms with Gasteiger partial charge in [0.2, 0.25) is 5.91 Å². The van der Waals surface area contributed by atoms with Crippen molar-refractivity contribution in [1.29, 1.82) is 0 Å².